The molecule has 0 aliphatic rings. The fourth-order valence-electron chi connectivity index (χ4n) is 1.83. The number of carbonyl (C=O) groups excluding carboxylic acids is 1. The molecular formula is C15H11NO3. The van der Waals surface area contributed by atoms with E-state index in [-0.39, 0.29) is 5.97 Å². The fourth-order valence-corrected chi connectivity index (χ4v) is 1.83. The first-order valence-corrected chi connectivity index (χ1v) is 5.87. The zero-order valence-corrected chi connectivity index (χ0v) is 10.3. The molecule has 0 N–H and O–H groups in total. The molecule has 0 bridgehead atoms. The van der Waals surface area contributed by atoms with Crippen LogP contribution < -0.4 is 4.74 Å². The molecule has 1 aromatic heterocycles. The van der Waals surface area contributed by atoms with Crippen molar-refractivity contribution in [2.45, 2.75) is 6.92 Å². The van der Waals surface area contributed by atoms with Gasteiger partial charge in [-0.2, -0.15) is 0 Å². The Morgan fingerprint density at radius 1 is 1.11 bits per heavy atom. The van der Waals surface area contributed by atoms with E-state index in [4.69, 9.17) is 9.15 Å². The predicted octanol–water partition coefficient (Wildman–Crippen LogP) is 3.42. The number of oxazole rings is 1. The summed E-state index contributed by atoms with van der Waals surface area (Å²) in [7, 11) is 0. The van der Waals surface area contributed by atoms with Crippen molar-refractivity contribution in [3.63, 3.8) is 0 Å². The molecule has 0 saturated heterocycles. The summed E-state index contributed by atoms with van der Waals surface area (Å²) in [5.41, 5.74) is 2.41. The molecule has 19 heavy (non-hydrogen) atoms. The van der Waals surface area contributed by atoms with Crippen LogP contribution >= 0.6 is 0 Å². The topological polar surface area (TPSA) is 52.3 Å². The van der Waals surface area contributed by atoms with E-state index in [2.05, 4.69) is 4.98 Å². The third kappa shape index (κ3) is 2.33. The molecule has 0 spiro atoms. The van der Waals surface area contributed by atoms with E-state index < -0.39 is 0 Å². The second-order valence-electron chi connectivity index (χ2n) is 4.10. The second-order valence-corrected chi connectivity index (χ2v) is 4.10. The van der Waals surface area contributed by atoms with Crippen LogP contribution in [-0.2, 0) is 4.79 Å². The van der Waals surface area contributed by atoms with Gasteiger partial charge in [-0.3, -0.25) is 4.79 Å². The number of rotatable bonds is 2. The largest absolute Gasteiger partial charge is 0.436 e. The molecule has 4 nitrogen and oxygen atoms in total. The molecule has 0 unspecified atom stereocenters. The Hall–Kier alpha value is -2.62. The lowest BCUT2D eigenvalue weighted by atomic mass is 10.2. The lowest BCUT2D eigenvalue weighted by Gasteiger charge is -2.01. The Bertz CT molecular complexity index is 695. The van der Waals surface area contributed by atoms with Gasteiger partial charge < -0.3 is 9.15 Å². The number of aromatic nitrogens is 1. The molecule has 1 heterocycles. The normalized spacial score (nSPS) is 10.6. The maximum atomic E-state index is 10.8. The average molecular weight is 253 g/mol. The molecule has 0 aliphatic carbocycles. The summed E-state index contributed by atoms with van der Waals surface area (Å²) < 4.78 is 10.6. The van der Waals surface area contributed by atoms with Gasteiger partial charge in [0, 0.05) is 12.5 Å². The summed E-state index contributed by atoms with van der Waals surface area (Å²) in [6.45, 7) is 1.37. The summed E-state index contributed by atoms with van der Waals surface area (Å²) in [5, 5.41) is 0. The van der Waals surface area contributed by atoms with Gasteiger partial charge in [-0.15, -0.1) is 0 Å². The van der Waals surface area contributed by atoms with Gasteiger partial charge in [0.1, 0.15) is 11.3 Å². The predicted molar refractivity (Wildman–Crippen MR) is 70.8 cm³/mol. The van der Waals surface area contributed by atoms with Crippen molar-refractivity contribution in [3.05, 3.63) is 48.5 Å². The van der Waals surface area contributed by atoms with E-state index in [0.29, 0.717) is 11.6 Å². The molecule has 0 amide bonds. The van der Waals surface area contributed by atoms with Crippen molar-refractivity contribution in [2.75, 3.05) is 0 Å². The van der Waals surface area contributed by atoms with Gasteiger partial charge in [-0.05, 0) is 36.4 Å². The van der Waals surface area contributed by atoms with Gasteiger partial charge in [0.15, 0.2) is 5.58 Å². The van der Waals surface area contributed by atoms with Crippen LogP contribution in [0.25, 0.3) is 22.6 Å². The number of benzene rings is 2. The summed E-state index contributed by atoms with van der Waals surface area (Å²) in [6, 6.07) is 14.6. The van der Waals surface area contributed by atoms with Crippen LogP contribution in [0, 0.1) is 0 Å². The molecule has 0 radical (unpaired) electrons. The Labute approximate surface area is 109 Å². The van der Waals surface area contributed by atoms with Gasteiger partial charge >= 0.3 is 5.97 Å². The summed E-state index contributed by atoms with van der Waals surface area (Å²) in [4.78, 5) is 15.2. The van der Waals surface area contributed by atoms with Crippen LogP contribution in [0.4, 0.5) is 0 Å². The van der Waals surface area contributed by atoms with Crippen molar-refractivity contribution in [3.8, 4) is 17.2 Å². The molecular weight excluding hydrogens is 242 g/mol. The Morgan fingerprint density at radius 2 is 1.84 bits per heavy atom. The van der Waals surface area contributed by atoms with Gasteiger partial charge in [0.05, 0.1) is 0 Å². The van der Waals surface area contributed by atoms with Crippen LogP contribution in [0.5, 0.6) is 5.75 Å². The lowest BCUT2D eigenvalue weighted by Crippen LogP contribution is -2.00. The van der Waals surface area contributed by atoms with Crippen molar-refractivity contribution in [2.24, 2.45) is 0 Å². The number of para-hydroxylation sites is 2. The third-order valence-corrected chi connectivity index (χ3v) is 2.66. The molecule has 94 valence electrons. The Morgan fingerprint density at radius 3 is 2.53 bits per heavy atom. The molecule has 0 atom stereocenters. The standard InChI is InChI=1S/C15H11NO3/c1-10(17)18-12-8-6-11(7-9-12)15-16-13-4-2-3-5-14(13)19-15/h2-9H,1H3. The fraction of sp³-hybridized carbons (Fsp3) is 0.0667. The number of nitrogens with zero attached hydrogens (tertiary/aromatic N) is 1. The highest BCUT2D eigenvalue weighted by atomic mass is 16.5. The van der Waals surface area contributed by atoms with E-state index in [0.717, 1.165) is 16.7 Å². The van der Waals surface area contributed by atoms with Crippen molar-refractivity contribution >= 4 is 17.1 Å². The molecule has 4 heteroatoms. The van der Waals surface area contributed by atoms with Crippen LogP contribution in [0.3, 0.4) is 0 Å². The number of carbonyl (C=O) groups is 1. The SMILES string of the molecule is CC(=O)Oc1ccc(-c2nc3ccccc3o2)cc1. The van der Waals surface area contributed by atoms with Gasteiger partial charge in [-0.1, -0.05) is 12.1 Å². The molecule has 0 fully saturated rings. The van der Waals surface area contributed by atoms with Crippen LogP contribution in [0.15, 0.2) is 52.9 Å². The van der Waals surface area contributed by atoms with Gasteiger partial charge in [0.2, 0.25) is 5.89 Å². The van der Waals surface area contributed by atoms with Crippen molar-refractivity contribution in [1.29, 1.82) is 0 Å². The minimum Gasteiger partial charge on any atom is -0.436 e. The minimum atomic E-state index is -0.338. The third-order valence-electron chi connectivity index (χ3n) is 2.66. The van der Waals surface area contributed by atoms with E-state index >= 15 is 0 Å². The zero-order chi connectivity index (χ0) is 13.2. The van der Waals surface area contributed by atoms with Crippen molar-refractivity contribution in [1.82, 2.24) is 4.98 Å². The molecule has 0 aliphatic heterocycles. The average Bonchev–Trinajstić information content (AvgIpc) is 2.82. The highest BCUT2D eigenvalue weighted by Gasteiger charge is 2.07. The Balaban J connectivity index is 1.95. The quantitative estimate of drug-likeness (QED) is 0.518. The maximum Gasteiger partial charge on any atom is 0.308 e. The van der Waals surface area contributed by atoms with Crippen LogP contribution in [0.2, 0.25) is 0 Å². The van der Waals surface area contributed by atoms with Crippen LogP contribution in [0.1, 0.15) is 6.92 Å². The van der Waals surface area contributed by atoms with E-state index in [1.807, 2.05) is 36.4 Å². The van der Waals surface area contributed by atoms with Gasteiger partial charge in [0.25, 0.3) is 0 Å². The van der Waals surface area contributed by atoms with E-state index in [1.54, 1.807) is 12.1 Å². The number of hydrogen-bond donors (Lipinski definition) is 0. The highest BCUT2D eigenvalue weighted by molar-refractivity contribution is 5.76. The second kappa shape index (κ2) is 4.57. The first kappa shape index (κ1) is 11.5. The summed E-state index contributed by atoms with van der Waals surface area (Å²) in [6.07, 6.45) is 0. The lowest BCUT2D eigenvalue weighted by molar-refractivity contribution is -0.131. The Kier molecular flexibility index (Phi) is 2.76. The summed E-state index contributed by atoms with van der Waals surface area (Å²) in [5.74, 6) is 0.720. The number of ether oxygens (including phenoxy) is 1. The van der Waals surface area contributed by atoms with Gasteiger partial charge in [-0.25, -0.2) is 4.98 Å². The molecule has 3 aromatic rings. The smallest absolute Gasteiger partial charge is 0.308 e. The number of fused-ring (bicyclic) bond motifs is 1. The van der Waals surface area contributed by atoms with E-state index in [9.17, 15) is 4.79 Å². The number of esters is 1. The highest BCUT2D eigenvalue weighted by Crippen LogP contribution is 2.25. The molecule has 3 rings (SSSR count). The van der Waals surface area contributed by atoms with Crippen molar-refractivity contribution < 1.29 is 13.9 Å². The minimum absolute atomic E-state index is 0.338. The molecule has 2 aromatic carbocycles. The zero-order valence-electron chi connectivity index (χ0n) is 10.3. The first-order valence-electron chi connectivity index (χ1n) is 5.87. The summed E-state index contributed by atoms with van der Waals surface area (Å²) >= 11 is 0. The molecule has 0 saturated carbocycles. The van der Waals surface area contributed by atoms with E-state index in [1.165, 1.54) is 6.92 Å². The number of hydrogen-bond acceptors (Lipinski definition) is 4. The maximum absolute atomic E-state index is 10.8. The monoisotopic (exact) mass is 253 g/mol. The first-order chi connectivity index (χ1) is 9.22. The van der Waals surface area contributed by atoms with Crippen LogP contribution in [-0.4, -0.2) is 11.0 Å².